The molecule has 0 saturated carbocycles. The van der Waals surface area contributed by atoms with Gasteiger partial charge in [0.15, 0.2) is 5.78 Å². The predicted octanol–water partition coefficient (Wildman–Crippen LogP) is 4.99. The summed E-state index contributed by atoms with van der Waals surface area (Å²) in [4.78, 5) is 27.8. The number of Topliss-reactive ketones (excluding diaryl/α,β-unsaturated/α-hetero) is 1. The Bertz CT molecular complexity index is 950. The van der Waals surface area contributed by atoms with Crippen molar-refractivity contribution in [3.8, 4) is 5.75 Å². The Balaban J connectivity index is 1.87. The number of hydrogen-bond acceptors (Lipinski definition) is 3. The molecule has 1 heterocycles. The van der Waals surface area contributed by atoms with Gasteiger partial charge in [-0.3, -0.25) is 14.5 Å². The molecule has 2 aromatic rings. The third-order valence-electron chi connectivity index (χ3n) is 5.26. The molecule has 1 atom stereocenters. The lowest BCUT2D eigenvalue weighted by Gasteiger charge is -2.38. The molecule has 1 aliphatic carbocycles. The van der Waals surface area contributed by atoms with Gasteiger partial charge in [0, 0.05) is 34.5 Å². The molecule has 4 rings (SSSR count). The number of nitrogens with zero attached hydrogens (tertiary/aromatic N) is 1. The molecule has 0 fully saturated rings. The maximum absolute atomic E-state index is 13.2. The molecule has 1 amide bonds. The SMILES string of the molecule is COc1cccc(C2CC(=O)N(c3ccccc3Br)C3=C2C(=O)CCC3)c1. The Morgan fingerprint density at radius 1 is 1.07 bits per heavy atom. The number of para-hydroxylation sites is 1. The van der Waals surface area contributed by atoms with Crippen LogP contribution in [0, 0.1) is 0 Å². The first kappa shape index (κ1) is 18.0. The predicted molar refractivity (Wildman–Crippen MR) is 108 cm³/mol. The van der Waals surface area contributed by atoms with Crippen LogP contribution in [0.15, 0.2) is 64.3 Å². The average molecular weight is 426 g/mol. The Labute approximate surface area is 167 Å². The topological polar surface area (TPSA) is 46.6 Å². The largest absolute Gasteiger partial charge is 0.497 e. The van der Waals surface area contributed by atoms with E-state index in [2.05, 4.69) is 15.9 Å². The second-order valence-electron chi connectivity index (χ2n) is 6.85. The minimum Gasteiger partial charge on any atom is -0.497 e. The van der Waals surface area contributed by atoms with Crippen LogP contribution in [-0.2, 0) is 9.59 Å². The Hall–Kier alpha value is -2.40. The van der Waals surface area contributed by atoms with E-state index in [0.29, 0.717) is 6.42 Å². The highest BCUT2D eigenvalue weighted by molar-refractivity contribution is 9.10. The molecule has 1 aliphatic heterocycles. The van der Waals surface area contributed by atoms with Gasteiger partial charge in [0.25, 0.3) is 0 Å². The van der Waals surface area contributed by atoms with E-state index in [0.717, 1.165) is 45.6 Å². The quantitative estimate of drug-likeness (QED) is 0.695. The number of benzene rings is 2. The molecule has 27 heavy (non-hydrogen) atoms. The van der Waals surface area contributed by atoms with Crippen molar-refractivity contribution in [1.82, 2.24) is 0 Å². The third-order valence-corrected chi connectivity index (χ3v) is 5.94. The third kappa shape index (κ3) is 3.21. The van der Waals surface area contributed by atoms with Gasteiger partial charge in [-0.05, 0) is 58.6 Å². The molecule has 0 radical (unpaired) electrons. The summed E-state index contributed by atoms with van der Waals surface area (Å²) in [7, 11) is 1.62. The van der Waals surface area contributed by atoms with E-state index in [1.165, 1.54) is 0 Å². The first-order valence-electron chi connectivity index (χ1n) is 9.08. The van der Waals surface area contributed by atoms with Crippen molar-refractivity contribution in [3.63, 3.8) is 0 Å². The number of anilines is 1. The number of methoxy groups -OCH3 is 1. The van der Waals surface area contributed by atoms with Crippen LogP contribution in [-0.4, -0.2) is 18.8 Å². The molecule has 2 aliphatic rings. The van der Waals surface area contributed by atoms with Crippen molar-refractivity contribution in [3.05, 3.63) is 69.8 Å². The molecule has 1 unspecified atom stereocenters. The Kier molecular flexibility index (Phi) is 4.87. The smallest absolute Gasteiger partial charge is 0.232 e. The van der Waals surface area contributed by atoms with Crippen molar-refractivity contribution in [2.75, 3.05) is 12.0 Å². The monoisotopic (exact) mass is 425 g/mol. The van der Waals surface area contributed by atoms with E-state index in [1.54, 1.807) is 12.0 Å². The molecule has 5 heteroatoms. The molecule has 138 valence electrons. The molecule has 0 spiro atoms. The van der Waals surface area contributed by atoms with Gasteiger partial charge in [-0.1, -0.05) is 24.3 Å². The van der Waals surface area contributed by atoms with Crippen molar-refractivity contribution in [2.24, 2.45) is 0 Å². The second kappa shape index (κ2) is 7.31. The summed E-state index contributed by atoms with van der Waals surface area (Å²) >= 11 is 3.55. The fraction of sp³-hybridized carbons (Fsp3) is 0.273. The van der Waals surface area contributed by atoms with E-state index < -0.39 is 0 Å². The standard InChI is InChI=1S/C22H20BrNO3/c1-27-15-7-4-6-14(12-15)16-13-21(26)24(18-9-3-2-8-17(18)23)19-10-5-11-20(25)22(16)19/h2-4,6-9,12,16H,5,10-11,13H2,1H3. The minimum absolute atomic E-state index is 0.0168. The lowest BCUT2D eigenvalue weighted by atomic mass is 9.77. The number of allylic oxidation sites excluding steroid dienone is 2. The summed E-state index contributed by atoms with van der Waals surface area (Å²) in [5.41, 5.74) is 3.39. The van der Waals surface area contributed by atoms with E-state index in [1.807, 2.05) is 48.5 Å². The first-order valence-corrected chi connectivity index (χ1v) is 9.87. The fourth-order valence-corrected chi connectivity index (χ4v) is 4.51. The van der Waals surface area contributed by atoms with E-state index >= 15 is 0 Å². The summed E-state index contributed by atoms with van der Waals surface area (Å²) < 4.78 is 6.19. The highest BCUT2D eigenvalue weighted by Crippen LogP contribution is 2.45. The molecule has 0 bridgehead atoms. The number of ketones is 1. The first-order chi connectivity index (χ1) is 13.1. The number of amides is 1. The second-order valence-corrected chi connectivity index (χ2v) is 7.71. The van der Waals surface area contributed by atoms with Crippen LogP contribution < -0.4 is 9.64 Å². The molecule has 2 aromatic carbocycles. The van der Waals surface area contributed by atoms with Crippen molar-refractivity contribution < 1.29 is 14.3 Å². The van der Waals surface area contributed by atoms with E-state index in [9.17, 15) is 9.59 Å². The van der Waals surface area contributed by atoms with Gasteiger partial charge in [-0.25, -0.2) is 0 Å². The zero-order chi connectivity index (χ0) is 19.0. The van der Waals surface area contributed by atoms with Gasteiger partial charge in [0.1, 0.15) is 5.75 Å². The fourth-order valence-electron chi connectivity index (χ4n) is 4.05. The highest BCUT2D eigenvalue weighted by atomic mass is 79.9. The van der Waals surface area contributed by atoms with Crippen LogP contribution >= 0.6 is 15.9 Å². The maximum Gasteiger partial charge on any atom is 0.232 e. The lowest BCUT2D eigenvalue weighted by Crippen LogP contribution is -2.40. The highest BCUT2D eigenvalue weighted by Gasteiger charge is 2.40. The number of carbonyl (C=O) groups excluding carboxylic acids is 2. The average Bonchev–Trinajstić information content (AvgIpc) is 2.68. The zero-order valence-electron chi connectivity index (χ0n) is 15.1. The molecular formula is C22H20BrNO3. The van der Waals surface area contributed by atoms with E-state index in [4.69, 9.17) is 4.74 Å². The Morgan fingerprint density at radius 2 is 1.89 bits per heavy atom. The van der Waals surface area contributed by atoms with Crippen LogP contribution in [0.2, 0.25) is 0 Å². The van der Waals surface area contributed by atoms with Crippen LogP contribution in [0.5, 0.6) is 5.75 Å². The number of carbonyl (C=O) groups is 2. The summed E-state index contributed by atoms with van der Waals surface area (Å²) in [5.74, 6) is 0.685. The zero-order valence-corrected chi connectivity index (χ0v) is 16.7. The number of halogens is 1. The number of hydrogen-bond donors (Lipinski definition) is 0. The number of ether oxygens (including phenoxy) is 1. The minimum atomic E-state index is -0.214. The van der Waals surface area contributed by atoms with Gasteiger partial charge in [-0.15, -0.1) is 0 Å². The van der Waals surface area contributed by atoms with Gasteiger partial charge in [-0.2, -0.15) is 0 Å². The van der Waals surface area contributed by atoms with Gasteiger partial charge in [0.05, 0.1) is 12.8 Å². The summed E-state index contributed by atoms with van der Waals surface area (Å²) in [6.07, 6.45) is 2.32. The molecule has 0 saturated heterocycles. The summed E-state index contributed by atoms with van der Waals surface area (Å²) in [5, 5.41) is 0. The summed E-state index contributed by atoms with van der Waals surface area (Å²) in [6, 6.07) is 15.3. The van der Waals surface area contributed by atoms with Crippen molar-refractivity contribution in [2.45, 2.75) is 31.6 Å². The molecule has 0 N–H and O–H groups in total. The van der Waals surface area contributed by atoms with Crippen LogP contribution in [0.4, 0.5) is 5.69 Å². The van der Waals surface area contributed by atoms with Gasteiger partial charge in [0.2, 0.25) is 5.91 Å². The molecule has 4 nitrogen and oxygen atoms in total. The van der Waals surface area contributed by atoms with Crippen LogP contribution in [0.25, 0.3) is 0 Å². The lowest BCUT2D eigenvalue weighted by molar-refractivity contribution is -0.119. The van der Waals surface area contributed by atoms with Crippen molar-refractivity contribution in [1.29, 1.82) is 0 Å². The summed E-state index contributed by atoms with van der Waals surface area (Å²) in [6.45, 7) is 0. The van der Waals surface area contributed by atoms with E-state index in [-0.39, 0.29) is 24.0 Å². The van der Waals surface area contributed by atoms with Crippen LogP contribution in [0.1, 0.15) is 37.2 Å². The molecular weight excluding hydrogens is 406 g/mol. The van der Waals surface area contributed by atoms with Gasteiger partial charge < -0.3 is 4.74 Å². The van der Waals surface area contributed by atoms with Gasteiger partial charge >= 0.3 is 0 Å². The maximum atomic E-state index is 13.2. The van der Waals surface area contributed by atoms with Crippen LogP contribution in [0.3, 0.4) is 0 Å². The number of rotatable bonds is 3. The normalized spacial score (nSPS) is 19.9. The Morgan fingerprint density at radius 3 is 2.67 bits per heavy atom. The molecule has 0 aromatic heterocycles. The van der Waals surface area contributed by atoms with Crippen molar-refractivity contribution >= 4 is 33.3 Å².